The van der Waals surface area contributed by atoms with Crippen molar-refractivity contribution in [2.24, 2.45) is 0 Å². The van der Waals surface area contributed by atoms with Gasteiger partial charge in [0, 0.05) is 12.5 Å². The Morgan fingerprint density at radius 1 is 1.21 bits per heavy atom. The molecule has 0 aliphatic carbocycles. The lowest BCUT2D eigenvalue weighted by Gasteiger charge is -2.16. The molecule has 0 saturated carbocycles. The van der Waals surface area contributed by atoms with Crippen molar-refractivity contribution in [2.75, 3.05) is 21.0 Å². The van der Waals surface area contributed by atoms with Crippen molar-refractivity contribution in [1.82, 2.24) is 0 Å². The average Bonchev–Trinajstić information content (AvgIpc) is 3.08. The minimum Gasteiger partial charge on any atom is -0.496 e. The summed E-state index contributed by atoms with van der Waals surface area (Å²) in [4.78, 5) is 12.8. The lowest BCUT2D eigenvalue weighted by Crippen LogP contribution is -2.10. The summed E-state index contributed by atoms with van der Waals surface area (Å²) in [7, 11) is 2.91. The monoisotopic (exact) mass is 330 g/mol. The van der Waals surface area contributed by atoms with E-state index in [2.05, 4.69) is 0 Å². The molecule has 24 heavy (non-hydrogen) atoms. The molecule has 2 aromatic rings. The summed E-state index contributed by atoms with van der Waals surface area (Å²) in [6.07, 6.45) is -1.02. The smallest absolute Gasteiger partial charge is 0.231 e. The summed E-state index contributed by atoms with van der Waals surface area (Å²) in [5, 5.41) is 10.3. The predicted octanol–water partition coefficient (Wildman–Crippen LogP) is 2.74. The van der Waals surface area contributed by atoms with Crippen LogP contribution in [-0.4, -0.2) is 31.9 Å². The summed E-state index contributed by atoms with van der Waals surface area (Å²) in [5.74, 6) is 1.10. The van der Waals surface area contributed by atoms with Gasteiger partial charge >= 0.3 is 0 Å². The van der Waals surface area contributed by atoms with E-state index in [9.17, 15) is 9.90 Å². The van der Waals surface area contributed by atoms with E-state index < -0.39 is 6.10 Å². The molecule has 126 valence electrons. The molecule has 0 aromatic heterocycles. The fourth-order valence-electron chi connectivity index (χ4n) is 2.68. The van der Waals surface area contributed by atoms with Crippen LogP contribution < -0.4 is 18.9 Å². The Morgan fingerprint density at radius 3 is 2.62 bits per heavy atom. The predicted molar refractivity (Wildman–Crippen MR) is 86.0 cm³/mol. The van der Waals surface area contributed by atoms with Gasteiger partial charge in [0.15, 0.2) is 17.3 Å². The van der Waals surface area contributed by atoms with Crippen LogP contribution in [0.5, 0.6) is 23.0 Å². The Bertz CT molecular complexity index is 741. The number of Topliss-reactive ketones (excluding diaryl/α,β-unsaturated/α-hetero) is 1. The maximum absolute atomic E-state index is 12.8. The zero-order valence-electron chi connectivity index (χ0n) is 13.4. The number of hydrogen-bond acceptors (Lipinski definition) is 6. The molecule has 1 aliphatic rings. The molecular weight excluding hydrogens is 312 g/mol. The standard InChI is InChI=1S/C18H18O6/c1-21-14-9-15-17(24-10-23-15)18(22-2)16(14)13(20)8-12(19)11-6-4-3-5-7-11/h3-7,9,12,19H,8,10H2,1-2H3. The van der Waals surface area contributed by atoms with Crippen molar-refractivity contribution in [2.45, 2.75) is 12.5 Å². The van der Waals surface area contributed by atoms with Crippen molar-refractivity contribution in [3.05, 3.63) is 47.5 Å². The van der Waals surface area contributed by atoms with E-state index in [0.29, 0.717) is 22.8 Å². The van der Waals surface area contributed by atoms with E-state index in [-0.39, 0.29) is 30.3 Å². The Balaban J connectivity index is 1.94. The number of rotatable bonds is 6. The topological polar surface area (TPSA) is 74.2 Å². The molecular formula is C18H18O6. The van der Waals surface area contributed by atoms with E-state index in [1.54, 1.807) is 18.2 Å². The largest absolute Gasteiger partial charge is 0.496 e. The lowest BCUT2D eigenvalue weighted by atomic mass is 9.98. The van der Waals surface area contributed by atoms with Crippen molar-refractivity contribution < 1.29 is 28.8 Å². The van der Waals surface area contributed by atoms with Crippen LogP contribution in [0.25, 0.3) is 0 Å². The molecule has 6 nitrogen and oxygen atoms in total. The van der Waals surface area contributed by atoms with Gasteiger partial charge in [0.25, 0.3) is 0 Å². The van der Waals surface area contributed by atoms with Crippen LogP contribution in [0.3, 0.4) is 0 Å². The van der Waals surface area contributed by atoms with Crippen molar-refractivity contribution in [3.63, 3.8) is 0 Å². The lowest BCUT2D eigenvalue weighted by molar-refractivity contribution is 0.0873. The van der Waals surface area contributed by atoms with Gasteiger partial charge in [-0.25, -0.2) is 0 Å². The molecule has 0 bridgehead atoms. The first kappa shape index (κ1) is 16.1. The average molecular weight is 330 g/mol. The Kier molecular flexibility index (Phi) is 4.57. The van der Waals surface area contributed by atoms with Crippen molar-refractivity contribution in [3.8, 4) is 23.0 Å². The normalized spacial score (nSPS) is 13.5. The van der Waals surface area contributed by atoms with E-state index in [1.165, 1.54) is 14.2 Å². The zero-order chi connectivity index (χ0) is 17.1. The number of fused-ring (bicyclic) bond motifs is 1. The first-order chi connectivity index (χ1) is 11.7. The molecule has 0 spiro atoms. The van der Waals surface area contributed by atoms with E-state index in [4.69, 9.17) is 18.9 Å². The highest BCUT2D eigenvalue weighted by Gasteiger charge is 2.30. The summed E-state index contributed by atoms with van der Waals surface area (Å²) >= 11 is 0. The quantitative estimate of drug-likeness (QED) is 0.821. The summed E-state index contributed by atoms with van der Waals surface area (Å²) < 4.78 is 21.4. The maximum Gasteiger partial charge on any atom is 0.231 e. The minimum atomic E-state index is -0.918. The van der Waals surface area contributed by atoms with E-state index >= 15 is 0 Å². The Hall–Kier alpha value is -2.73. The van der Waals surface area contributed by atoms with Gasteiger partial charge in [-0.1, -0.05) is 30.3 Å². The van der Waals surface area contributed by atoms with Crippen LogP contribution in [0.4, 0.5) is 0 Å². The number of carbonyl (C=O) groups excluding carboxylic acids is 1. The third-order valence-corrected chi connectivity index (χ3v) is 3.85. The molecule has 0 radical (unpaired) electrons. The van der Waals surface area contributed by atoms with E-state index in [1.807, 2.05) is 18.2 Å². The third-order valence-electron chi connectivity index (χ3n) is 3.85. The zero-order valence-corrected chi connectivity index (χ0v) is 13.4. The van der Waals surface area contributed by atoms with Crippen LogP contribution in [0, 0.1) is 0 Å². The van der Waals surface area contributed by atoms with Crippen molar-refractivity contribution in [1.29, 1.82) is 0 Å². The fourth-order valence-corrected chi connectivity index (χ4v) is 2.68. The number of hydrogen-bond donors (Lipinski definition) is 1. The van der Waals surface area contributed by atoms with Gasteiger partial charge < -0.3 is 24.1 Å². The van der Waals surface area contributed by atoms with Crippen LogP contribution in [-0.2, 0) is 0 Å². The van der Waals surface area contributed by atoms with Crippen LogP contribution in [0.15, 0.2) is 36.4 Å². The molecule has 1 unspecified atom stereocenters. The number of carbonyl (C=O) groups is 1. The number of aliphatic hydroxyl groups excluding tert-OH is 1. The van der Waals surface area contributed by atoms with Gasteiger partial charge in [0.2, 0.25) is 12.5 Å². The van der Waals surface area contributed by atoms with Gasteiger partial charge in [0.1, 0.15) is 11.3 Å². The number of ether oxygens (including phenoxy) is 4. The third kappa shape index (κ3) is 2.88. The summed E-state index contributed by atoms with van der Waals surface area (Å²) in [6, 6.07) is 10.6. The minimum absolute atomic E-state index is 0.0547. The SMILES string of the molecule is COc1cc2c(c(OC)c1C(=O)CC(O)c1ccccc1)OCO2. The van der Waals surface area contributed by atoms with Gasteiger partial charge in [-0.05, 0) is 5.56 Å². The van der Waals surface area contributed by atoms with E-state index in [0.717, 1.165) is 0 Å². The molecule has 1 N–H and O–H groups in total. The number of ketones is 1. The Labute approximate surface area is 139 Å². The van der Waals surface area contributed by atoms with Gasteiger partial charge in [-0.3, -0.25) is 4.79 Å². The molecule has 1 aliphatic heterocycles. The van der Waals surface area contributed by atoms with Crippen LogP contribution in [0.2, 0.25) is 0 Å². The fraction of sp³-hybridized carbons (Fsp3) is 0.278. The molecule has 6 heteroatoms. The van der Waals surface area contributed by atoms with Gasteiger partial charge in [-0.2, -0.15) is 0 Å². The summed E-state index contributed by atoms with van der Waals surface area (Å²) in [5.41, 5.74) is 0.906. The first-order valence-corrected chi connectivity index (χ1v) is 7.46. The second-order valence-electron chi connectivity index (χ2n) is 5.27. The van der Waals surface area contributed by atoms with Crippen LogP contribution >= 0.6 is 0 Å². The Morgan fingerprint density at radius 2 is 1.96 bits per heavy atom. The molecule has 1 atom stereocenters. The molecule has 0 amide bonds. The second kappa shape index (κ2) is 6.80. The molecule has 0 saturated heterocycles. The molecule has 0 fully saturated rings. The number of methoxy groups -OCH3 is 2. The highest BCUT2D eigenvalue weighted by Crippen LogP contribution is 2.48. The highest BCUT2D eigenvalue weighted by molar-refractivity contribution is 6.03. The van der Waals surface area contributed by atoms with Gasteiger partial charge in [-0.15, -0.1) is 0 Å². The molecule has 1 heterocycles. The van der Waals surface area contributed by atoms with Crippen LogP contribution in [0.1, 0.15) is 28.4 Å². The number of aliphatic hydroxyl groups is 1. The van der Waals surface area contributed by atoms with Gasteiger partial charge in [0.05, 0.1) is 20.3 Å². The first-order valence-electron chi connectivity index (χ1n) is 7.46. The van der Waals surface area contributed by atoms with Crippen molar-refractivity contribution >= 4 is 5.78 Å². The number of benzene rings is 2. The second-order valence-corrected chi connectivity index (χ2v) is 5.27. The molecule has 2 aromatic carbocycles. The summed E-state index contributed by atoms with van der Waals surface area (Å²) in [6.45, 7) is 0.0547. The maximum atomic E-state index is 12.8. The highest BCUT2D eigenvalue weighted by atomic mass is 16.7. The molecule has 3 rings (SSSR count).